The van der Waals surface area contributed by atoms with Crippen LogP contribution in [0.3, 0.4) is 0 Å². The fourth-order valence-electron chi connectivity index (χ4n) is 2.66. The average Bonchev–Trinajstić information content (AvgIpc) is 2.77. The van der Waals surface area contributed by atoms with E-state index < -0.39 is 24.0 Å². The van der Waals surface area contributed by atoms with E-state index in [1.165, 1.54) is 25.6 Å². The third-order valence-electron chi connectivity index (χ3n) is 4.46. The second kappa shape index (κ2) is 11.9. The van der Waals surface area contributed by atoms with E-state index in [0.717, 1.165) is 0 Å². The van der Waals surface area contributed by atoms with Gasteiger partial charge in [-0.3, -0.25) is 14.4 Å². The molecule has 31 heavy (non-hydrogen) atoms. The Morgan fingerprint density at radius 1 is 0.968 bits per heavy atom. The van der Waals surface area contributed by atoms with Crippen LogP contribution >= 0.6 is 11.8 Å². The minimum Gasteiger partial charge on any atom is -0.451 e. The Bertz CT molecular complexity index is 915. The molecule has 0 aliphatic heterocycles. The van der Waals surface area contributed by atoms with E-state index in [2.05, 4.69) is 10.6 Å². The van der Waals surface area contributed by atoms with Crippen LogP contribution in [0.2, 0.25) is 0 Å². The molecule has 0 spiro atoms. The molecule has 8 heteroatoms. The number of hydrogen-bond acceptors (Lipinski definition) is 6. The largest absolute Gasteiger partial charge is 0.451 e. The van der Waals surface area contributed by atoms with E-state index in [1.807, 2.05) is 6.26 Å². The van der Waals surface area contributed by atoms with Crippen molar-refractivity contribution in [2.45, 2.75) is 32.4 Å². The van der Waals surface area contributed by atoms with Gasteiger partial charge in [-0.1, -0.05) is 18.2 Å². The van der Waals surface area contributed by atoms with Crippen molar-refractivity contribution in [2.75, 3.05) is 17.3 Å². The van der Waals surface area contributed by atoms with Crippen LogP contribution < -0.4 is 10.6 Å². The number of hydrogen-bond donors (Lipinski definition) is 2. The van der Waals surface area contributed by atoms with Crippen molar-refractivity contribution in [1.82, 2.24) is 5.32 Å². The number of rotatable bonds is 10. The van der Waals surface area contributed by atoms with Gasteiger partial charge in [0.2, 0.25) is 0 Å². The monoisotopic (exact) mass is 442 g/mol. The minimum absolute atomic E-state index is 0.0750. The zero-order valence-electron chi connectivity index (χ0n) is 17.7. The van der Waals surface area contributed by atoms with Crippen LogP contribution in [0.5, 0.6) is 0 Å². The fourth-order valence-corrected chi connectivity index (χ4v) is 3.13. The van der Waals surface area contributed by atoms with E-state index in [-0.39, 0.29) is 11.7 Å². The molecule has 0 aliphatic carbocycles. The van der Waals surface area contributed by atoms with Gasteiger partial charge in [-0.15, -0.1) is 0 Å². The molecule has 2 aromatic carbocycles. The summed E-state index contributed by atoms with van der Waals surface area (Å²) in [5.74, 6) is -1.01. The van der Waals surface area contributed by atoms with Gasteiger partial charge in [0.25, 0.3) is 11.8 Å². The third kappa shape index (κ3) is 7.57. The maximum atomic E-state index is 12.6. The number of thioether (sulfide) groups is 1. The van der Waals surface area contributed by atoms with Gasteiger partial charge < -0.3 is 15.4 Å². The van der Waals surface area contributed by atoms with Crippen molar-refractivity contribution >= 4 is 41.0 Å². The Morgan fingerprint density at radius 3 is 2.19 bits per heavy atom. The van der Waals surface area contributed by atoms with Crippen LogP contribution in [0.1, 0.15) is 41.0 Å². The average molecular weight is 443 g/mol. The summed E-state index contributed by atoms with van der Waals surface area (Å²) < 4.78 is 5.31. The molecule has 2 aromatic rings. The van der Waals surface area contributed by atoms with Gasteiger partial charge in [0.15, 0.2) is 11.9 Å². The summed E-state index contributed by atoms with van der Waals surface area (Å²) in [5, 5.41) is 5.33. The number of ketones is 1. The number of anilines is 1. The zero-order chi connectivity index (χ0) is 22.8. The van der Waals surface area contributed by atoms with Crippen LogP contribution in [0, 0.1) is 0 Å². The molecule has 0 bridgehead atoms. The smallest absolute Gasteiger partial charge is 0.329 e. The second-order valence-corrected chi connectivity index (χ2v) is 7.86. The molecule has 2 rings (SSSR count). The summed E-state index contributed by atoms with van der Waals surface area (Å²) in [6.07, 6.45) is 1.21. The summed E-state index contributed by atoms with van der Waals surface area (Å²) in [4.78, 5) is 48.8. The van der Waals surface area contributed by atoms with Crippen molar-refractivity contribution < 1.29 is 23.9 Å². The van der Waals surface area contributed by atoms with Crippen LogP contribution in [0.15, 0.2) is 54.6 Å². The highest BCUT2D eigenvalue weighted by molar-refractivity contribution is 7.98. The van der Waals surface area contributed by atoms with E-state index in [9.17, 15) is 19.2 Å². The number of carbonyl (C=O) groups is 4. The predicted molar refractivity (Wildman–Crippen MR) is 121 cm³/mol. The molecule has 2 unspecified atom stereocenters. The molecule has 0 saturated carbocycles. The summed E-state index contributed by atoms with van der Waals surface area (Å²) in [5.41, 5.74) is 1.45. The SMILES string of the molecule is CSCCC(NC(=O)c1ccccc1)C(=O)OC(C)C(=O)Nc1ccc(C(C)=O)cc1. The number of esters is 1. The fraction of sp³-hybridized carbons (Fsp3) is 0.304. The van der Waals surface area contributed by atoms with Crippen molar-refractivity contribution in [1.29, 1.82) is 0 Å². The summed E-state index contributed by atoms with van der Waals surface area (Å²) in [6.45, 7) is 2.92. The third-order valence-corrected chi connectivity index (χ3v) is 5.10. The van der Waals surface area contributed by atoms with Gasteiger partial charge in [-0.25, -0.2) is 4.79 Å². The van der Waals surface area contributed by atoms with Crippen LogP contribution in [-0.2, 0) is 14.3 Å². The summed E-state index contributed by atoms with van der Waals surface area (Å²) >= 11 is 1.54. The molecule has 0 saturated heterocycles. The number of carbonyl (C=O) groups excluding carboxylic acids is 4. The minimum atomic E-state index is -1.06. The van der Waals surface area contributed by atoms with Gasteiger partial charge in [0.05, 0.1) is 0 Å². The molecule has 164 valence electrons. The van der Waals surface area contributed by atoms with Gasteiger partial charge in [-0.05, 0) is 68.7 Å². The molecule has 0 heterocycles. The van der Waals surface area contributed by atoms with Crippen LogP contribution in [0.25, 0.3) is 0 Å². The highest BCUT2D eigenvalue weighted by atomic mass is 32.2. The molecular formula is C23H26N2O5S. The molecule has 0 radical (unpaired) electrons. The molecule has 2 amide bonds. The maximum Gasteiger partial charge on any atom is 0.329 e. The topological polar surface area (TPSA) is 102 Å². The lowest BCUT2D eigenvalue weighted by atomic mass is 10.1. The van der Waals surface area contributed by atoms with Gasteiger partial charge >= 0.3 is 5.97 Å². The first-order valence-corrected chi connectivity index (χ1v) is 11.2. The number of benzene rings is 2. The summed E-state index contributed by atoms with van der Waals surface area (Å²) in [7, 11) is 0. The number of nitrogens with one attached hydrogen (secondary N) is 2. The van der Waals surface area contributed by atoms with E-state index in [0.29, 0.717) is 29.0 Å². The molecular weight excluding hydrogens is 416 g/mol. The standard InChI is InChI=1S/C23H26N2O5S/c1-15(26)17-9-11-19(12-10-17)24-21(27)16(2)30-23(29)20(13-14-31-3)25-22(28)18-7-5-4-6-8-18/h4-12,16,20H,13-14H2,1-3H3,(H,24,27)(H,25,28). The molecule has 2 N–H and O–H groups in total. The Hall–Kier alpha value is -3.13. The summed E-state index contributed by atoms with van der Waals surface area (Å²) in [6, 6.07) is 14.1. The van der Waals surface area contributed by atoms with E-state index >= 15 is 0 Å². The Kier molecular flexibility index (Phi) is 9.27. The highest BCUT2D eigenvalue weighted by Crippen LogP contribution is 2.12. The normalized spacial score (nSPS) is 12.4. The van der Waals surface area contributed by atoms with Crippen LogP contribution in [-0.4, -0.2) is 47.7 Å². The van der Waals surface area contributed by atoms with Gasteiger partial charge in [0.1, 0.15) is 6.04 Å². The van der Waals surface area contributed by atoms with Gasteiger partial charge in [0, 0.05) is 16.8 Å². The van der Waals surface area contributed by atoms with E-state index in [1.54, 1.807) is 54.6 Å². The highest BCUT2D eigenvalue weighted by Gasteiger charge is 2.26. The maximum absolute atomic E-state index is 12.6. The number of amides is 2. The van der Waals surface area contributed by atoms with Gasteiger partial charge in [-0.2, -0.15) is 11.8 Å². The predicted octanol–water partition coefficient (Wildman–Crippen LogP) is 3.31. The lowest BCUT2D eigenvalue weighted by Gasteiger charge is -2.20. The van der Waals surface area contributed by atoms with Crippen molar-refractivity contribution in [2.24, 2.45) is 0 Å². The Balaban J connectivity index is 1.97. The first-order chi connectivity index (χ1) is 14.8. The quantitative estimate of drug-likeness (QED) is 0.432. The molecule has 7 nitrogen and oxygen atoms in total. The van der Waals surface area contributed by atoms with Crippen molar-refractivity contribution in [3.05, 3.63) is 65.7 Å². The Labute approximate surface area is 185 Å². The molecule has 0 fully saturated rings. The van der Waals surface area contributed by atoms with E-state index in [4.69, 9.17) is 4.74 Å². The molecule has 2 atom stereocenters. The zero-order valence-corrected chi connectivity index (χ0v) is 18.5. The number of ether oxygens (including phenoxy) is 1. The second-order valence-electron chi connectivity index (χ2n) is 6.88. The van der Waals surface area contributed by atoms with Crippen LogP contribution in [0.4, 0.5) is 5.69 Å². The van der Waals surface area contributed by atoms with Crippen molar-refractivity contribution in [3.8, 4) is 0 Å². The lowest BCUT2D eigenvalue weighted by molar-refractivity contribution is -0.155. The van der Waals surface area contributed by atoms with Crippen molar-refractivity contribution in [3.63, 3.8) is 0 Å². The first kappa shape index (κ1) is 24.1. The number of Topliss-reactive ketones (excluding diaryl/α,β-unsaturated/α-hetero) is 1. The Morgan fingerprint density at radius 2 is 1.61 bits per heavy atom. The first-order valence-electron chi connectivity index (χ1n) is 9.79. The lowest BCUT2D eigenvalue weighted by Crippen LogP contribution is -2.44. The molecule has 0 aliphatic rings. The molecule has 0 aromatic heterocycles.